The Kier molecular flexibility index (Phi) is 4.99. The Morgan fingerprint density at radius 3 is 2.64 bits per heavy atom. The molecule has 0 radical (unpaired) electrons. The highest BCUT2D eigenvalue weighted by molar-refractivity contribution is 5.97. The van der Waals surface area contributed by atoms with E-state index in [9.17, 15) is 14.9 Å². The molecule has 0 spiro atoms. The van der Waals surface area contributed by atoms with Crippen LogP contribution < -0.4 is 10.2 Å². The van der Waals surface area contributed by atoms with E-state index in [1.165, 1.54) is 11.9 Å². The minimum Gasteiger partial charge on any atom is -0.370 e. The summed E-state index contributed by atoms with van der Waals surface area (Å²) in [5.74, 6) is -0.502. The Morgan fingerprint density at radius 1 is 1.36 bits per heavy atom. The highest BCUT2D eigenvalue weighted by Crippen LogP contribution is 2.25. The molecule has 0 aliphatic carbocycles. The zero-order valence-corrected chi connectivity index (χ0v) is 12.9. The lowest BCUT2D eigenvalue weighted by Crippen LogP contribution is -2.36. The first-order valence-electron chi connectivity index (χ1n) is 7.32. The van der Waals surface area contributed by atoms with Crippen LogP contribution in [-0.2, 0) is 4.79 Å². The fourth-order valence-corrected chi connectivity index (χ4v) is 2.58. The Balaban J connectivity index is 2.20. The first-order chi connectivity index (χ1) is 10.6. The van der Waals surface area contributed by atoms with Crippen LogP contribution in [0.3, 0.4) is 0 Å². The van der Waals surface area contributed by atoms with E-state index >= 15 is 0 Å². The molecule has 1 N–H and O–H groups in total. The smallest absolute Gasteiger partial charge is 0.254 e. The van der Waals surface area contributed by atoms with E-state index in [0.717, 1.165) is 31.6 Å². The quantitative estimate of drug-likeness (QED) is 0.899. The maximum absolute atomic E-state index is 12.3. The summed E-state index contributed by atoms with van der Waals surface area (Å²) in [5.41, 5.74) is 1.80. The van der Waals surface area contributed by atoms with Gasteiger partial charge in [0.05, 0.1) is 17.8 Å². The normalized spacial score (nSPS) is 13.6. The summed E-state index contributed by atoms with van der Waals surface area (Å²) in [4.78, 5) is 27.2. The first kappa shape index (κ1) is 15.8. The molecular weight excluding hydrogens is 280 g/mol. The van der Waals surface area contributed by atoms with Crippen LogP contribution >= 0.6 is 0 Å². The van der Waals surface area contributed by atoms with E-state index in [1.54, 1.807) is 19.2 Å². The van der Waals surface area contributed by atoms with Crippen molar-refractivity contribution in [1.29, 1.82) is 5.26 Å². The Morgan fingerprint density at radius 2 is 2.05 bits per heavy atom. The molecule has 22 heavy (non-hydrogen) atoms. The van der Waals surface area contributed by atoms with E-state index in [4.69, 9.17) is 0 Å². The molecule has 1 aliphatic heterocycles. The van der Waals surface area contributed by atoms with Gasteiger partial charge in [-0.05, 0) is 31.0 Å². The largest absolute Gasteiger partial charge is 0.370 e. The second-order valence-electron chi connectivity index (χ2n) is 5.37. The number of nitrogens with one attached hydrogen (secondary N) is 1. The summed E-state index contributed by atoms with van der Waals surface area (Å²) in [6.07, 6.45) is 2.25. The van der Waals surface area contributed by atoms with Crippen molar-refractivity contribution < 1.29 is 9.59 Å². The van der Waals surface area contributed by atoms with Crippen molar-refractivity contribution in [2.45, 2.75) is 12.8 Å². The van der Waals surface area contributed by atoms with Crippen molar-refractivity contribution in [1.82, 2.24) is 10.2 Å². The SMILES string of the molecule is CNC(=O)CN(C)C(=O)c1ccc(N2CCCC2)c(C#N)c1. The molecule has 1 fully saturated rings. The molecule has 0 bridgehead atoms. The zero-order valence-electron chi connectivity index (χ0n) is 12.9. The van der Waals surface area contributed by atoms with Crippen molar-refractivity contribution in [3.8, 4) is 6.07 Å². The lowest BCUT2D eigenvalue weighted by atomic mass is 10.1. The Bertz CT molecular complexity index is 615. The molecule has 6 nitrogen and oxygen atoms in total. The number of anilines is 1. The van der Waals surface area contributed by atoms with Gasteiger partial charge in [0.2, 0.25) is 5.91 Å². The van der Waals surface area contributed by atoms with Gasteiger partial charge in [0.25, 0.3) is 5.91 Å². The van der Waals surface area contributed by atoms with Crippen LogP contribution in [0.2, 0.25) is 0 Å². The van der Waals surface area contributed by atoms with E-state index in [-0.39, 0.29) is 18.4 Å². The Hall–Kier alpha value is -2.55. The van der Waals surface area contributed by atoms with Crippen LogP contribution in [0.1, 0.15) is 28.8 Å². The van der Waals surface area contributed by atoms with Gasteiger partial charge in [-0.25, -0.2) is 0 Å². The molecule has 1 heterocycles. The van der Waals surface area contributed by atoms with Gasteiger partial charge in [-0.15, -0.1) is 0 Å². The highest BCUT2D eigenvalue weighted by atomic mass is 16.2. The van der Waals surface area contributed by atoms with E-state index in [2.05, 4.69) is 16.3 Å². The zero-order chi connectivity index (χ0) is 16.1. The van der Waals surface area contributed by atoms with Crippen LogP contribution in [0.25, 0.3) is 0 Å². The predicted molar refractivity (Wildman–Crippen MR) is 83.6 cm³/mol. The maximum atomic E-state index is 12.3. The molecule has 0 saturated carbocycles. The van der Waals surface area contributed by atoms with Crippen molar-refractivity contribution in [3.05, 3.63) is 29.3 Å². The van der Waals surface area contributed by atoms with Crippen LogP contribution in [0.15, 0.2) is 18.2 Å². The average Bonchev–Trinajstić information content (AvgIpc) is 3.07. The molecular formula is C16H20N4O2. The number of hydrogen-bond donors (Lipinski definition) is 1. The molecule has 1 saturated heterocycles. The monoisotopic (exact) mass is 300 g/mol. The molecule has 6 heteroatoms. The molecule has 0 aromatic heterocycles. The summed E-state index contributed by atoms with van der Waals surface area (Å²) >= 11 is 0. The van der Waals surface area contributed by atoms with Crippen molar-refractivity contribution in [3.63, 3.8) is 0 Å². The summed E-state index contributed by atoms with van der Waals surface area (Å²) < 4.78 is 0. The van der Waals surface area contributed by atoms with Crippen LogP contribution in [-0.4, -0.2) is 50.4 Å². The van der Waals surface area contributed by atoms with E-state index in [0.29, 0.717) is 11.1 Å². The van der Waals surface area contributed by atoms with E-state index in [1.807, 2.05) is 6.07 Å². The fraction of sp³-hybridized carbons (Fsp3) is 0.438. The number of nitrogens with zero attached hydrogens (tertiary/aromatic N) is 3. The fourth-order valence-electron chi connectivity index (χ4n) is 2.58. The van der Waals surface area contributed by atoms with Gasteiger partial charge in [-0.1, -0.05) is 0 Å². The van der Waals surface area contributed by atoms with Crippen LogP contribution in [0, 0.1) is 11.3 Å². The average molecular weight is 300 g/mol. The Labute approximate surface area is 130 Å². The van der Waals surface area contributed by atoms with Gasteiger partial charge in [-0.2, -0.15) is 5.26 Å². The van der Waals surface area contributed by atoms with Crippen molar-refractivity contribution >= 4 is 17.5 Å². The number of carbonyl (C=O) groups excluding carboxylic acids is 2. The minimum absolute atomic E-state index is 0.00883. The van der Waals surface area contributed by atoms with Gasteiger partial charge in [-0.3, -0.25) is 9.59 Å². The number of nitriles is 1. The molecule has 116 valence electrons. The number of carbonyl (C=O) groups is 2. The standard InChI is InChI=1S/C16H20N4O2/c1-18-15(21)11-19(2)16(22)12-5-6-14(13(9-12)10-17)20-7-3-4-8-20/h5-6,9H,3-4,7-8,11H2,1-2H3,(H,18,21). The maximum Gasteiger partial charge on any atom is 0.254 e. The van der Waals surface area contributed by atoms with Crippen LogP contribution in [0.4, 0.5) is 5.69 Å². The molecule has 1 aromatic carbocycles. The molecule has 1 aliphatic rings. The van der Waals surface area contributed by atoms with E-state index < -0.39 is 0 Å². The van der Waals surface area contributed by atoms with Gasteiger partial charge in [0, 0.05) is 32.7 Å². The minimum atomic E-state index is -0.270. The van der Waals surface area contributed by atoms with Gasteiger partial charge in [0.1, 0.15) is 6.07 Å². The first-order valence-corrected chi connectivity index (χ1v) is 7.32. The lowest BCUT2D eigenvalue weighted by Gasteiger charge is -2.20. The number of hydrogen-bond acceptors (Lipinski definition) is 4. The molecule has 1 aromatic rings. The number of likely N-dealkylation sites (N-methyl/N-ethyl adjacent to an activating group) is 2. The summed E-state index contributed by atoms with van der Waals surface area (Å²) in [5, 5.41) is 11.8. The molecule has 0 unspecified atom stereocenters. The van der Waals surface area contributed by atoms with Crippen molar-refractivity contribution in [2.24, 2.45) is 0 Å². The van der Waals surface area contributed by atoms with Gasteiger partial charge in [0.15, 0.2) is 0 Å². The third-order valence-corrected chi connectivity index (χ3v) is 3.82. The number of amides is 2. The molecule has 0 atom stereocenters. The number of rotatable bonds is 4. The second-order valence-corrected chi connectivity index (χ2v) is 5.37. The van der Waals surface area contributed by atoms with Crippen LogP contribution in [0.5, 0.6) is 0 Å². The second kappa shape index (κ2) is 6.94. The lowest BCUT2D eigenvalue weighted by molar-refractivity contribution is -0.121. The van der Waals surface area contributed by atoms with Gasteiger partial charge < -0.3 is 15.1 Å². The molecule has 2 rings (SSSR count). The third-order valence-electron chi connectivity index (χ3n) is 3.82. The summed E-state index contributed by atoms with van der Waals surface area (Å²) in [6, 6.07) is 7.32. The van der Waals surface area contributed by atoms with Gasteiger partial charge >= 0.3 is 0 Å². The highest BCUT2D eigenvalue weighted by Gasteiger charge is 2.19. The topological polar surface area (TPSA) is 76.4 Å². The third kappa shape index (κ3) is 3.37. The summed E-state index contributed by atoms with van der Waals surface area (Å²) in [6.45, 7) is 1.88. The number of benzene rings is 1. The predicted octanol–water partition coefficient (Wildman–Crippen LogP) is 0.976. The van der Waals surface area contributed by atoms with Crippen molar-refractivity contribution in [2.75, 3.05) is 38.6 Å². The molecule has 2 amide bonds. The summed E-state index contributed by atoms with van der Waals surface area (Å²) in [7, 11) is 3.09.